The summed E-state index contributed by atoms with van der Waals surface area (Å²) in [6.07, 6.45) is -0.586. The molecule has 37 heavy (non-hydrogen) atoms. The second-order valence-corrected chi connectivity index (χ2v) is 10.9. The Kier molecular flexibility index (Phi) is 9.12. The highest BCUT2D eigenvalue weighted by molar-refractivity contribution is 7.92. The lowest BCUT2D eigenvalue weighted by Crippen LogP contribution is -2.31. The number of carboxylic acids is 1. The van der Waals surface area contributed by atoms with Crippen LogP contribution in [-0.4, -0.2) is 44.4 Å². The van der Waals surface area contributed by atoms with Gasteiger partial charge in [0.1, 0.15) is 12.4 Å². The van der Waals surface area contributed by atoms with Crippen LogP contribution in [0.15, 0.2) is 36.4 Å². The number of carbonyl (C=O) groups excluding carboxylic acids is 1. The zero-order valence-electron chi connectivity index (χ0n) is 19.9. The van der Waals surface area contributed by atoms with E-state index in [4.69, 9.17) is 9.84 Å². The quantitative estimate of drug-likeness (QED) is 0.371. The third-order valence-electron chi connectivity index (χ3n) is 4.77. The fourth-order valence-electron chi connectivity index (χ4n) is 2.87. The first kappa shape index (κ1) is 29.8. The largest absolute Gasteiger partial charge is 0.481 e. The molecule has 1 amide bonds. The second-order valence-electron chi connectivity index (χ2n) is 8.77. The van der Waals surface area contributed by atoms with Crippen LogP contribution < -0.4 is 14.8 Å². The molecule has 2 aromatic carbocycles. The number of carbonyl (C=O) groups is 2. The monoisotopic (exact) mass is 553 g/mol. The molecule has 0 saturated heterocycles. The lowest BCUT2D eigenvalue weighted by Gasteiger charge is -2.23. The van der Waals surface area contributed by atoms with Gasteiger partial charge in [0, 0.05) is 11.1 Å². The zero-order chi connectivity index (χ0) is 28.2. The van der Waals surface area contributed by atoms with Crippen LogP contribution in [0, 0.1) is 5.41 Å². The minimum atomic E-state index is -5.43. The number of alkyl halides is 5. The normalized spacial score (nSPS) is 12.4. The molecule has 0 fully saturated rings. The summed E-state index contributed by atoms with van der Waals surface area (Å²) >= 11 is 0. The molecule has 2 N–H and O–H groups in total. The molecule has 14 heteroatoms. The predicted molar refractivity (Wildman–Crippen MR) is 123 cm³/mol. The van der Waals surface area contributed by atoms with Crippen molar-refractivity contribution in [1.29, 1.82) is 0 Å². The lowest BCUT2D eigenvalue weighted by molar-refractivity contribution is -0.136. The van der Waals surface area contributed by atoms with E-state index in [1.807, 2.05) is 0 Å². The van der Waals surface area contributed by atoms with Gasteiger partial charge in [-0.25, -0.2) is 12.8 Å². The van der Waals surface area contributed by atoms with Gasteiger partial charge in [-0.1, -0.05) is 26.8 Å². The average Bonchev–Trinajstić information content (AvgIpc) is 2.75. The minimum absolute atomic E-state index is 0.0246. The smallest absolute Gasteiger partial charge is 0.387 e. The maximum absolute atomic E-state index is 15.2. The van der Waals surface area contributed by atoms with Crippen LogP contribution in [-0.2, 0) is 31.1 Å². The van der Waals surface area contributed by atoms with Gasteiger partial charge in [0.25, 0.3) is 0 Å². The van der Waals surface area contributed by atoms with Crippen LogP contribution >= 0.6 is 0 Å². The highest BCUT2D eigenvalue weighted by Gasteiger charge is 2.49. The third-order valence-corrected chi connectivity index (χ3v) is 6.46. The first-order chi connectivity index (χ1) is 17.0. The number of carboxylic acid groups (broad SMARTS) is 1. The van der Waals surface area contributed by atoms with E-state index in [1.54, 1.807) is 0 Å². The molecule has 0 aromatic heterocycles. The summed E-state index contributed by atoms with van der Waals surface area (Å²) < 4.78 is 103. The Morgan fingerprint density at radius 3 is 2.19 bits per heavy atom. The molecule has 0 spiro atoms. The van der Waals surface area contributed by atoms with Gasteiger partial charge < -0.3 is 19.9 Å². The van der Waals surface area contributed by atoms with E-state index in [0.29, 0.717) is 6.07 Å². The predicted octanol–water partition coefficient (Wildman–Crippen LogP) is 5.13. The van der Waals surface area contributed by atoms with Gasteiger partial charge in [0.2, 0.25) is 15.7 Å². The lowest BCUT2D eigenvalue weighted by atomic mass is 9.95. The van der Waals surface area contributed by atoms with Crippen molar-refractivity contribution in [3.63, 3.8) is 0 Å². The molecule has 0 heterocycles. The zero-order valence-corrected chi connectivity index (χ0v) is 20.7. The summed E-state index contributed by atoms with van der Waals surface area (Å²) in [5.74, 6) is -5.56. The Morgan fingerprint density at radius 2 is 1.65 bits per heavy atom. The fraction of sp³-hybridized carbons (Fsp3) is 0.391. The number of amides is 1. The number of rotatable bonds is 11. The Bertz CT molecular complexity index is 1260. The maximum atomic E-state index is 15.2. The molecular weight excluding hydrogens is 529 g/mol. The van der Waals surface area contributed by atoms with Crippen LogP contribution in [0.1, 0.15) is 31.9 Å². The molecule has 8 nitrogen and oxygen atoms in total. The minimum Gasteiger partial charge on any atom is -0.481 e. The van der Waals surface area contributed by atoms with E-state index in [1.165, 1.54) is 20.8 Å². The molecule has 0 atom stereocenters. The number of hydrogen-bond acceptors (Lipinski definition) is 6. The molecule has 0 unspecified atom stereocenters. The number of halogens is 5. The topological polar surface area (TPSA) is 119 Å². The Labute approximate surface area is 209 Å². The van der Waals surface area contributed by atoms with Crippen molar-refractivity contribution in [1.82, 2.24) is 0 Å². The van der Waals surface area contributed by atoms with E-state index in [0.717, 1.165) is 30.3 Å². The van der Waals surface area contributed by atoms with Gasteiger partial charge >= 0.3 is 17.8 Å². The molecule has 2 aromatic rings. The second kappa shape index (κ2) is 11.3. The Balaban J connectivity index is 2.69. The number of aliphatic carboxylic acids is 1. The van der Waals surface area contributed by atoms with Gasteiger partial charge in [-0.2, -0.15) is 17.6 Å². The highest BCUT2D eigenvalue weighted by atomic mass is 32.2. The van der Waals surface area contributed by atoms with Crippen molar-refractivity contribution in [3.05, 3.63) is 47.5 Å². The van der Waals surface area contributed by atoms with Crippen LogP contribution in [0.25, 0.3) is 0 Å². The fourth-order valence-corrected chi connectivity index (χ4v) is 3.82. The molecule has 204 valence electrons. The average molecular weight is 554 g/mol. The standard InChI is InChI=1S/C23H24F5NO7S/c1-22(2,3)20(32)29-14-5-7-16(15(12-14)23(27,28)37(33,34)9-8-24)35-18-10-13(11-19(30)31)4-6-17(18)36-21(25)26/h4-7,10,12,21H,8-9,11H2,1-3H3,(H,29,32)(H,30,31). The van der Waals surface area contributed by atoms with Crippen molar-refractivity contribution in [2.45, 2.75) is 39.1 Å². The van der Waals surface area contributed by atoms with Crippen molar-refractivity contribution in [2.75, 3.05) is 17.7 Å². The molecule has 0 radical (unpaired) electrons. The van der Waals surface area contributed by atoms with Crippen LogP contribution in [0.3, 0.4) is 0 Å². The van der Waals surface area contributed by atoms with E-state index in [2.05, 4.69) is 10.1 Å². The summed E-state index contributed by atoms with van der Waals surface area (Å²) in [4.78, 5) is 23.3. The third kappa shape index (κ3) is 7.54. The molecule has 0 saturated carbocycles. The molecule has 0 aliphatic rings. The SMILES string of the molecule is CC(C)(C)C(=O)Nc1ccc(Oc2cc(CC(=O)O)ccc2OC(F)F)c(C(F)(F)S(=O)(=O)CCF)c1. The van der Waals surface area contributed by atoms with Gasteiger partial charge in [0.05, 0.1) is 17.7 Å². The van der Waals surface area contributed by atoms with Crippen LogP contribution in [0.5, 0.6) is 17.2 Å². The first-order valence-corrected chi connectivity index (χ1v) is 12.2. The van der Waals surface area contributed by atoms with E-state index < -0.39 is 80.7 Å². The summed E-state index contributed by atoms with van der Waals surface area (Å²) in [6.45, 7) is -0.368. The van der Waals surface area contributed by atoms with E-state index >= 15 is 8.78 Å². The number of hydrogen-bond donors (Lipinski definition) is 2. The van der Waals surface area contributed by atoms with Crippen molar-refractivity contribution in [2.24, 2.45) is 5.41 Å². The molecular formula is C23H24F5NO7S. The number of anilines is 1. The van der Waals surface area contributed by atoms with Gasteiger partial charge in [0.15, 0.2) is 11.5 Å². The van der Waals surface area contributed by atoms with Crippen molar-refractivity contribution in [3.8, 4) is 17.2 Å². The van der Waals surface area contributed by atoms with E-state index in [9.17, 15) is 31.2 Å². The number of ether oxygens (including phenoxy) is 2. The van der Waals surface area contributed by atoms with Gasteiger partial charge in [-0.3, -0.25) is 9.59 Å². The Hall–Kier alpha value is -3.42. The van der Waals surface area contributed by atoms with Crippen LogP contribution in [0.2, 0.25) is 0 Å². The van der Waals surface area contributed by atoms with Gasteiger partial charge in [-0.15, -0.1) is 0 Å². The molecule has 0 aliphatic carbocycles. The van der Waals surface area contributed by atoms with E-state index in [-0.39, 0.29) is 11.3 Å². The number of benzene rings is 2. The molecule has 0 bridgehead atoms. The summed E-state index contributed by atoms with van der Waals surface area (Å²) in [7, 11) is -5.43. The van der Waals surface area contributed by atoms with Crippen molar-refractivity contribution >= 4 is 27.4 Å². The van der Waals surface area contributed by atoms with Crippen LogP contribution in [0.4, 0.5) is 27.6 Å². The summed E-state index contributed by atoms with van der Waals surface area (Å²) in [6, 6.07) is 5.54. The summed E-state index contributed by atoms with van der Waals surface area (Å²) in [5.41, 5.74) is -2.50. The number of nitrogens with one attached hydrogen (secondary N) is 1. The highest BCUT2D eigenvalue weighted by Crippen LogP contribution is 2.44. The number of sulfone groups is 1. The maximum Gasteiger partial charge on any atom is 0.387 e. The Morgan fingerprint density at radius 1 is 1.03 bits per heavy atom. The first-order valence-electron chi connectivity index (χ1n) is 10.6. The van der Waals surface area contributed by atoms with Gasteiger partial charge in [-0.05, 0) is 35.9 Å². The molecule has 0 aliphatic heterocycles. The summed E-state index contributed by atoms with van der Waals surface area (Å²) in [5, 5.41) is 6.60. The molecule has 2 rings (SSSR count). The van der Waals surface area contributed by atoms with Crippen molar-refractivity contribution < 1.29 is 54.5 Å².